The third kappa shape index (κ3) is 3.40. The van der Waals surface area contributed by atoms with E-state index in [1.807, 2.05) is 45.0 Å². The Balaban J connectivity index is 1.92. The Morgan fingerprint density at radius 2 is 2.04 bits per heavy atom. The number of carbonyl (C=O) groups excluding carboxylic acids is 1. The molecule has 4 nitrogen and oxygen atoms in total. The molecular weight excluding hydrogens is 330 g/mol. The number of hydrogen-bond donors (Lipinski definition) is 1. The molecule has 2 aromatic rings. The van der Waals surface area contributed by atoms with Crippen LogP contribution in [0, 0.1) is 5.41 Å². The quantitative estimate of drug-likeness (QED) is 0.912. The molecule has 1 aromatic carbocycles. The van der Waals surface area contributed by atoms with E-state index >= 15 is 0 Å². The van der Waals surface area contributed by atoms with Crippen LogP contribution in [0.25, 0.3) is 11.3 Å². The van der Waals surface area contributed by atoms with Crippen LogP contribution in [0.5, 0.6) is 0 Å². The normalized spacial score (nSPS) is 13.9. The van der Waals surface area contributed by atoms with Gasteiger partial charge in [0.1, 0.15) is 0 Å². The van der Waals surface area contributed by atoms with Gasteiger partial charge in [-0.1, -0.05) is 56.3 Å². The van der Waals surface area contributed by atoms with Gasteiger partial charge in [0.25, 0.3) is 0 Å². The summed E-state index contributed by atoms with van der Waals surface area (Å²) in [5.41, 5.74) is 2.61. The summed E-state index contributed by atoms with van der Waals surface area (Å²) in [7, 11) is 0. The Morgan fingerprint density at radius 1 is 1.35 bits per heavy atom. The number of nitrogens with zero attached hydrogens (tertiary/aromatic N) is 2. The van der Waals surface area contributed by atoms with Crippen LogP contribution in [-0.4, -0.2) is 21.2 Å². The number of imidazole rings is 1. The lowest BCUT2D eigenvalue weighted by molar-refractivity contribution is -0.128. The van der Waals surface area contributed by atoms with Gasteiger partial charge in [-0.05, 0) is 12.1 Å². The minimum atomic E-state index is -0.400. The minimum Gasteiger partial charge on any atom is -0.350 e. The van der Waals surface area contributed by atoms with Crippen molar-refractivity contribution in [2.75, 3.05) is 5.75 Å². The fourth-order valence-electron chi connectivity index (χ4n) is 2.48. The van der Waals surface area contributed by atoms with Gasteiger partial charge >= 0.3 is 0 Å². The molecule has 23 heavy (non-hydrogen) atoms. The van der Waals surface area contributed by atoms with E-state index in [0.717, 1.165) is 34.4 Å². The predicted octanol–water partition coefficient (Wildman–Crippen LogP) is 3.97. The third-order valence-electron chi connectivity index (χ3n) is 3.80. The van der Waals surface area contributed by atoms with E-state index in [1.54, 1.807) is 11.8 Å². The largest absolute Gasteiger partial charge is 0.350 e. The van der Waals surface area contributed by atoms with Crippen molar-refractivity contribution in [2.45, 2.75) is 39.0 Å². The Hall–Kier alpha value is -1.46. The second-order valence-electron chi connectivity index (χ2n) is 6.63. The SMILES string of the molecule is CC(C)(C)C(=O)NCc1c(-c2ccc(Cl)cc2)nc2n1CCS2. The lowest BCUT2D eigenvalue weighted by atomic mass is 9.95. The second-order valence-corrected chi connectivity index (χ2v) is 8.13. The lowest BCUT2D eigenvalue weighted by Gasteiger charge is -2.18. The lowest BCUT2D eigenvalue weighted by Crippen LogP contribution is -2.34. The van der Waals surface area contributed by atoms with E-state index in [-0.39, 0.29) is 5.91 Å². The maximum Gasteiger partial charge on any atom is 0.225 e. The highest BCUT2D eigenvalue weighted by Crippen LogP contribution is 2.33. The Kier molecular flexibility index (Phi) is 4.43. The van der Waals surface area contributed by atoms with E-state index in [9.17, 15) is 4.79 Å². The van der Waals surface area contributed by atoms with E-state index < -0.39 is 5.41 Å². The molecule has 2 heterocycles. The Morgan fingerprint density at radius 3 is 2.70 bits per heavy atom. The molecule has 0 unspecified atom stereocenters. The van der Waals surface area contributed by atoms with Gasteiger partial charge in [-0.25, -0.2) is 4.98 Å². The maximum atomic E-state index is 12.2. The first-order valence-corrected chi connectivity index (χ1v) is 8.99. The molecule has 1 aliphatic rings. The number of fused-ring (bicyclic) bond motifs is 1. The average Bonchev–Trinajstić information content (AvgIpc) is 3.05. The van der Waals surface area contributed by atoms with Crippen LogP contribution in [0.4, 0.5) is 0 Å². The Labute approximate surface area is 145 Å². The molecule has 1 aromatic heterocycles. The highest BCUT2D eigenvalue weighted by Gasteiger charge is 2.25. The zero-order valence-electron chi connectivity index (χ0n) is 13.5. The van der Waals surface area contributed by atoms with E-state index in [1.165, 1.54) is 0 Å². The fraction of sp³-hybridized carbons (Fsp3) is 0.412. The van der Waals surface area contributed by atoms with Crippen molar-refractivity contribution < 1.29 is 4.79 Å². The molecule has 122 valence electrons. The van der Waals surface area contributed by atoms with Gasteiger partial charge in [0.2, 0.25) is 5.91 Å². The monoisotopic (exact) mass is 349 g/mol. The molecule has 0 saturated heterocycles. The fourth-order valence-corrected chi connectivity index (χ4v) is 3.58. The molecule has 0 saturated carbocycles. The van der Waals surface area contributed by atoms with Crippen molar-refractivity contribution in [3.05, 3.63) is 35.0 Å². The number of benzene rings is 1. The van der Waals surface area contributed by atoms with Gasteiger partial charge in [-0.15, -0.1) is 0 Å². The van der Waals surface area contributed by atoms with Crippen LogP contribution in [0.15, 0.2) is 29.4 Å². The first-order valence-electron chi connectivity index (χ1n) is 7.63. The summed E-state index contributed by atoms with van der Waals surface area (Å²) in [6.45, 7) is 7.17. The summed E-state index contributed by atoms with van der Waals surface area (Å²) in [4.78, 5) is 17.0. The van der Waals surface area contributed by atoms with Crippen molar-refractivity contribution in [2.24, 2.45) is 5.41 Å². The molecule has 0 atom stereocenters. The first kappa shape index (κ1) is 16.4. The molecule has 1 N–H and O–H groups in total. The van der Waals surface area contributed by atoms with E-state index in [2.05, 4.69) is 9.88 Å². The molecule has 1 aliphatic heterocycles. The zero-order chi connectivity index (χ0) is 16.6. The highest BCUT2D eigenvalue weighted by atomic mass is 35.5. The van der Waals surface area contributed by atoms with Crippen molar-refractivity contribution in [3.63, 3.8) is 0 Å². The predicted molar refractivity (Wildman–Crippen MR) is 94.7 cm³/mol. The zero-order valence-corrected chi connectivity index (χ0v) is 15.1. The van der Waals surface area contributed by atoms with E-state index in [0.29, 0.717) is 11.6 Å². The molecule has 0 fully saturated rings. The summed E-state index contributed by atoms with van der Waals surface area (Å²) in [6.07, 6.45) is 0. The van der Waals surface area contributed by atoms with Gasteiger partial charge in [-0.3, -0.25) is 4.79 Å². The van der Waals surface area contributed by atoms with Crippen LogP contribution in [0.3, 0.4) is 0 Å². The number of aromatic nitrogens is 2. The van der Waals surface area contributed by atoms with Crippen LogP contribution in [-0.2, 0) is 17.9 Å². The number of thioether (sulfide) groups is 1. The van der Waals surface area contributed by atoms with Crippen LogP contribution >= 0.6 is 23.4 Å². The van der Waals surface area contributed by atoms with Gasteiger partial charge in [0.15, 0.2) is 5.16 Å². The Bertz CT molecular complexity index is 732. The number of nitrogens with one attached hydrogen (secondary N) is 1. The molecule has 0 bridgehead atoms. The van der Waals surface area contributed by atoms with Gasteiger partial charge < -0.3 is 9.88 Å². The number of carbonyl (C=O) groups is 1. The van der Waals surface area contributed by atoms with Gasteiger partial charge in [-0.2, -0.15) is 0 Å². The smallest absolute Gasteiger partial charge is 0.225 e. The molecule has 6 heteroatoms. The highest BCUT2D eigenvalue weighted by molar-refractivity contribution is 7.99. The molecule has 0 spiro atoms. The molecular formula is C17H20ClN3OS. The first-order chi connectivity index (χ1) is 10.9. The average molecular weight is 350 g/mol. The second kappa shape index (κ2) is 6.21. The van der Waals surface area contributed by atoms with Crippen LogP contribution < -0.4 is 5.32 Å². The summed E-state index contributed by atoms with van der Waals surface area (Å²) in [5, 5.41) is 4.77. The van der Waals surface area contributed by atoms with Gasteiger partial charge in [0, 0.05) is 28.3 Å². The summed E-state index contributed by atoms with van der Waals surface area (Å²) < 4.78 is 2.21. The standard InChI is InChI=1S/C17H20ClN3OS/c1-17(2,3)15(22)19-10-13-14(11-4-6-12(18)7-5-11)20-16-21(13)8-9-23-16/h4-7H,8-10H2,1-3H3,(H,19,22). The van der Waals surface area contributed by atoms with Crippen molar-refractivity contribution >= 4 is 29.3 Å². The van der Waals surface area contributed by atoms with Gasteiger partial charge in [0.05, 0.1) is 17.9 Å². The number of rotatable bonds is 3. The van der Waals surface area contributed by atoms with Crippen molar-refractivity contribution in [1.29, 1.82) is 0 Å². The minimum absolute atomic E-state index is 0.0424. The molecule has 1 amide bonds. The third-order valence-corrected chi connectivity index (χ3v) is 5.01. The molecule has 3 rings (SSSR count). The topological polar surface area (TPSA) is 46.9 Å². The summed E-state index contributed by atoms with van der Waals surface area (Å²) >= 11 is 7.73. The van der Waals surface area contributed by atoms with Crippen LogP contribution in [0.2, 0.25) is 5.02 Å². The summed E-state index contributed by atoms with van der Waals surface area (Å²) in [6, 6.07) is 7.68. The summed E-state index contributed by atoms with van der Waals surface area (Å²) in [5.74, 6) is 1.07. The number of halogens is 1. The molecule has 0 radical (unpaired) electrons. The number of hydrogen-bond acceptors (Lipinski definition) is 3. The van der Waals surface area contributed by atoms with Crippen molar-refractivity contribution in [1.82, 2.24) is 14.9 Å². The molecule has 0 aliphatic carbocycles. The van der Waals surface area contributed by atoms with E-state index in [4.69, 9.17) is 16.6 Å². The van der Waals surface area contributed by atoms with Crippen molar-refractivity contribution in [3.8, 4) is 11.3 Å². The number of amides is 1. The maximum absolute atomic E-state index is 12.2. The van der Waals surface area contributed by atoms with Crippen LogP contribution in [0.1, 0.15) is 26.5 Å².